The molecule has 6 nitrogen and oxygen atoms in total. The van der Waals surface area contributed by atoms with Crippen LogP contribution in [0.1, 0.15) is 25.7 Å². The lowest BCUT2D eigenvalue weighted by molar-refractivity contribution is 0.283. The fourth-order valence-electron chi connectivity index (χ4n) is 2.79. The van der Waals surface area contributed by atoms with E-state index in [0.29, 0.717) is 17.4 Å². The van der Waals surface area contributed by atoms with Gasteiger partial charge in [0.05, 0.1) is 6.20 Å². The Morgan fingerprint density at radius 2 is 2.05 bits per heavy atom. The van der Waals surface area contributed by atoms with Gasteiger partial charge in [-0.3, -0.25) is 4.68 Å². The Labute approximate surface area is 120 Å². The number of sulfonamides is 1. The van der Waals surface area contributed by atoms with E-state index in [1.165, 1.54) is 6.20 Å². The van der Waals surface area contributed by atoms with E-state index >= 15 is 0 Å². The molecule has 1 aliphatic carbocycles. The zero-order valence-electron chi connectivity index (χ0n) is 11.8. The fraction of sp³-hybridized carbons (Fsp3) is 0.769. The number of aryl methyl sites for hydroxylation is 1. The highest BCUT2D eigenvalue weighted by molar-refractivity contribution is 7.89. The van der Waals surface area contributed by atoms with Crippen molar-refractivity contribution >= 4 is 10.0 Å². The monoisotopic (exact) mass is 298 g/mol. The summed E-state index contributed by atoms with van der Waals surface area (Å²) in [5.74, 6) is 0.475. The van der Waals surface area contributed by atoms with Crippen molar-refractivity contribution < 1.29 is 8.42 Å². The quantitative estimate of drug-likeness (QED) is 0.863. The standard InChI is InChI=1S/C13H22N4O2S/c1-16-10-13(8-15-16)20(18,19)17(12-2-3-12)9-11-4-6-14-7-5-11/h8,10-12,14H,2-7,9H2,1H3. The molecule has 2 heterocycles. The van der Waals surface area contributed by atoms with Gasteiger partial charge in [-0.15, -0.1) is 0 Å². The molecule has 0 atom stereocenters. The fourth-order valence-corrected chi connectivity index (χ4v) is 4.54. The van der Waals surface area contributed by atoms with Crippen LogP contribution in [0.25, 0.3) is 0 Å². The van der Waals surface area contributed by atoms with Crippen LogP contribution in [0.4, 0.5) is 0 Å². The highest BCUT2D eigenvalue weighted by Gasteiger charge is 2.39. The minimum Gasteiger partial charge on any atom is -0.317 e. The van der Waals surface area contributed by atoms with Crippen LogP contribution < -0.4 is 5.32 Å². The van der Waals surface area contributed by atoms with Crippen LogP contribution in [0, 0.1) is 5.92 Å². The zero-order valence-corrected chi connectivity index (χ0v) is 12.6. The van der Waals surface area contributed by atoms with Crippen LogP contribution in [0.5, 0.6) is 0 Å². The highest BCUT2D eigenvalue weighted by atomic mass is 32.2. The maximum atomic E-state index is 12.8. The van der Waals surface area contributed by atoms with Crippen molar-refractivity contribution in [3.63, 3.8) is 0 Å². The van der Waals surface area contributed by atoms with Crippen molar-refractivity contribution in [2.24, 2.45) is 13.0 Å². The third-order valence-corrected chi connectivity index (χ3v) is 6.01. The minimum atomic E-state index is -3.39. The summed E-state index contributed by atoms with van der Waals surface area (Å²) in [6.07, 6.45) is 7.15. The summed E-state index contributed by atoms with van der Waals surface area (Å²) in [4.78, 5) is 0.320. The predicted octanol–water partition coefficient (Wildman–Crippen LogP) is 0.573. The van der Waals surface area contributed by atoms with Gasteiger partial charge in [-0.05, 0) is 44.7 Å². The second-order valence-electron chi connectivity index (χ2n) is 5.85. The van der Waals surface area contributed by atoms with E-state index < -0.39 is 10.0 Å². The predicted molar refractivity (Wildman–Crippen MR) is 75.7 cm³/mol. The second-order valence-corrected chi connectivity index (χ2v) is 7.74. The first-order chi connectivity index (χ1) is 9.57. The first-order valence-corrected chi connectivity index (χ1v) is 8.72. The van der Waals surface area contributed by atoms with E-state index in [2.05, 4.69) is 10.4 Å². The number of aromatic nitrogens is 2. The lowest BCUT2D eigenvalue weighted by Gasteiger charge is -2.29. The van der Waals surface area contributed by atoms with Crippen LogP contribution in [-0.2, 0) is 17.1 Å². The molecule has 1 saturated carbocycles. The van der Waals surface area contributed by atoms with E-state index in [9.17, 15) is 8.42 Å². The van der Waals surface area contributed by atoms with Crippen LogP contribution in [-0.4, -0.2) is 48.2 Å². The summed E-state index contributed by atoms with van der Waals surface area (Å²) in [5.41, 5.74) is 0. The number of nitrogens with one attached hydrogen (secondary N) is 1. The molecule has 20 heavy (non-hydrogen) atoms. The van der Waals surface area contributed by atoms with E-state index in [1.807, 2.05) is 0 Å². The van der Waals surface area contributed by atoms with Gasteiger partial charge in [0.2, 0.25) is 10.0 Å². The summed E-state index contributed by atoms with van der Waals surface area (Å²) >= 11 is 0. The topological polar surface area (TPSA) is 67.2 Å². The third-order valence-electron chi connectivity index (χ3n) is 4.14. The maximum absolute atomic E-state index is 12.8. The van der Waals surface area contributed by atoms with Crippen molar-refractivity contribution in [2.75, 3.05) is 19.6 Å². The number of nitrogens with zero attached hydrogens (tertiary/aromatic N) is 3. The summed E-state index contributed by atoms with van der Waals surface area (Å²) in [5, 5.41) is 7.32. The van der Waals surface area contributed by atoms with Gasteiger partial charge >= 0.3 is 0 Å². The van der Waals surface area contributed by atoms with Gasteiger partial charge in [0.1, 0.15) is 4.90 Å². The van der Waals surface area contributed by atoms with E-state index in [0.717, 1.165) is 38.8 Å². The van der Waals surface area contributed by atoms with E-state index in [1.54, 1.807) is 22.2 Å². The van der Waals surface area contributed by atoms with E-state index in [4.69, 9.17) is 0 Å². The molecule has 0 unspecified atom stereocenters. The molecule has 0 spiro atoms. The van der Waals surface area contributed by atoms with Gasteiger partial charge in [-0.2, -0.15) is 9.40 Å². The SMILES string of the molecule is Cn1cc(S(=O)(=O)N(CC2CCNCC2)C2CC2)cn1. The Hall–Kier alpha value is -0.920. The van der Waals surface area contributed by atoms with Crippen molar-refractivity contribution in [3.8, 4) is 0 Å². The number of hydrogen-bond acceptors (Lipinski definition) is 4. The van der Waals surface area contributed by atoms with Crippen LogP contribution in [0.2, 0.25) is 0 Å². The van der Waals surface area contributed by atoms with Gasteiger partial charge in [-0.25, -0.2) is 8.42 Å². The molecule has 1 N–H and O–H groups in total. The van der Waals surface area contributed by atoms with Gasteiger partial charge in [0, 0.05) is 25.8 Å². The summed E-state index contributed by atoms with van der Waals surface area (Å²) in [6.45, 7) is 2.65. The molecule has 2 fully saturated rings. The minimum absolute atomic E-state index is 0.204. The lowest BCUT2D eigenvalue weighted by Crippen LogP contribution is -2.40. The van der Waals surface area contributed by atoms with Crippen molar-refractivity contribution in [3.05, 3.63) is 12.4 Å². The molecule has 2 aliphatic rings. The van der Waals surface area contributed by atoms with Gasteiger partial charge in [0.15, 0.2) is 0 Å². The number of rotatable bonds is 5. The van der Waals surface area contributed by atoms with Gasteiger partial charge in [-0.1, -0.05) is 0 Å². The molecule has 1 aromatic rings. The molecule has 0 amide bonds. The average molecular weight is 298 g/mol. The molecule has 0 aromatic carbocycles. The second kappa shape index (κ2) is 5.46. The Balaban J connectivity index is 1.79. The largest absolute Gasteiger partial charge is 0.317 e. The first kappa shape index (κ1) is 14.0. The molecular formula is C13H22N4O2S. The molecule has 112 valence electrons. The smallest absolute Gasteiger partial charge is 0.246 e. The van der Waals surface area contributed by atoms with Crippen LogP contribution >= 0.6 is 0 Å². The van der Waals surface area contributed by atoms with Crippen molar-refractivity contribution in [1.29, 1.82) is 0 Å². The normalized spacial score (nSPS) is 21.5. The highest BCUT2D eigenvalue weighted by Crippen LogP contribution is 2.33. The molecule has 3 rings (SSSR count). The molecular weight excluding hydrogens is 276 g/mol. The Kier molecular flexibility index (Phi) is 3.83. The molecule has 1 aromatic heterocycles. The first-order valence-electron chi connectivity index (χ1n) is 7.28. The van der Waals surface area contributed by atoms with Crippen molar-refractivity contribution in [2.45, 2.75) is 36.6 Å². The number of piperidine rings is 1. The Bertz CT molecular complexity index is 559. The Morgan fingerprint density at radius 1 is 1.35 bits per heavy atom. The third kappa shape index (κ3) is 2.89. The molecule has 7 heteroatoms. The van der Waals surface area contributed by atoms with Gasteiger partial charge < -0.3 is 5.32 Å². The molecule has 0 radical (unpaired) electrons. The zero-order chi connectivity index (χ0) is 14.2. The van der Waals surface area contributed by atoms with Gasteiger partial charge in [0.25, 0.3) is 0 Å². The lowest BCUT2D eigenvalue weighted by atomic mass is 9.98. The number of hydrogen-bond donors (Lipinski definition) is 1. The molecule has 1 aliphatic heterocycles. The summed E-state index contributed by atoms with van der Waals surface area (Å²) in [6, 6.07) is 0.204. The van der Waals surface area contributed by atoms with Crippen molar-refractivity contribution in [1.82, 2.24) is 19.4 Å². The molecule has 0 bridgehead atoms. The van der Waals surface area contributed by atoms with E-state index in [-0.39, 0.29) is 6.04 Å². The van der Waals surface area contributed by atoms with Crippen LogP contribution in [0.3, 0.4) is 0 Å². The summed E-state index contributed by atoms with van der Waals surface area (Å²) in [7, 11) is -1.64. The van der Waals surface area contributed by atoms with Crippen LogP contribution in [0.15, 0.2) is 17.3 Å². The Morgan fingerprint density at radius 3 is 2.60 bits per heavy atom. The molecule has 1 saturated heterocycles. The maximum Gasteiger partial charge on any atom is 0.246 e. The average Bonchev–Trinajstić information content (AvgIpc) is 3.17. The summed E-state index contributed by atoms with van der Waals surface area (Å²) < 4.78 is 28.8.